The van der Waals surface area contributed by atoms with Crippen molar-refractivity contribution in [2.24, 2.45) is 11.8 Å². The molecular formula is C31H34N2O4S. The van der Waals surface area contributed by atoms with Crippen molar-refractivity contribution in [3.8, 4) is 16.3 Å². The quantitative estimate of drug-likeness (QED) is 0.331. The Morgan fingerprint density at radius 1 is 1.05 bits per heavy atom. The van der Waals surface area contributed by atoms with Crippen LogP contribution in [0.25, 0.3) is 16.6 Å². The van der Waals surface area contributed by atoms with Crippen LogP contribution >= 0.6 is 11.3 Å². The molecule has 2 atom stereocenters. The van der Waals surface area contributed by atoms with Gasteiger partial charge in [0.15, 0.2) is 0 Å². The maximum absolute atomic E-state index is 12.9. The van der Waals surface area contributed by atoms with Gasteiger partial charge < -0.3 is 14.7 Å². The molecule has 2 aromatic carbocycles. The van der Waals surface area contributed by atoms with Crippen LogP contribution < -0.4 is 4.74 Å². The summed E-state index contributed by atoms with van der Waals surface area (Å²) >= 11 is 1.69. The molecule has 0 spiro atoms. The molecule has 1 aromatic heterocycles. The van der Waals surface area contributed by atoms with Crippen molar-refractivity contribution in [3.63, 3.8) is 0 Å². The summed E-state index contributed by atoms with van der Waals surface area (Å²) in [6, 6.07) is 17.5. The highest BCUT2D eigenvalue weighted by atomic mass is 32.1. The van der Waals surface area contributed by atoms with Crippen molar-refractivity contribution in [2.75, 3.05) is 19.7 Å². The number of aliphatic carboxylic acids is 1. The molecule has 6 nitrogen and oxygen atoms in total. The van der Waals surface area contributed by atoms with Crippen molar-refractivity contribution in [1.82, 2.24) is 9.88 Å². The Bertz CT molecular complexity index is 1290. The van der Waals surface area contributed by atoms with Crippen molar-refractivity contribution >= 4 is 29.3 Å². The summed E-state index contributed by atoms with van der Waals surface area (Å²) in [6.45, 7) is 4.13. The van der Waals surface area contributed by atoms with E-state index in [1.807, 2.05) is 47.4 Å². The number of likely N-dealkylation sites (tertiary alicyclic amines) is 1. The van der Waals surface area contributed by atoms with E-state index in [-0.39, 0.29) is 17.9 Å². The molecule has 1 saturated carbocycles. The molecule has 198 valence electrons. The van der Waals surface area contributed by atoms with Gasteiger partial charge in [-0.2, -0.15) is 0 Å². The van der Waals surface area contributed by atoms with Crippen LogP contribution in [0.3, 0.4) is 0 Å². The van der Waals surface area contributed by atoms with Crippen LogP contribution in [-0.4, -0.2) is 46.6 Å². The number of aromatic nitrogens is 1. The lowest BCUT2D eigenvalue weighted by Crippen LogP contribution is -2.29. The number of carbonyl (C=O) groups is 2. The minimum Gasteiger partial charge on any atom is -0.493 e. The zero-order valence-electron chi connectivity index (χ0n) is 21.8. The number of benzene rings is 2. The van der Waals surface area contributed by atoms with Crippen molar-refractivity contribution in [1.29, 1.82) is 0 Å². The van der Waals surface area contributed by atoms with Crippen LogP contribution in [0, 0.1) is 18.8 Å². The van der Waals surface area contributed by atoms with E-state index in [1.54, 1.807) is 17.4 Å². The number of ether oxygens (including phenoxy) is 1. The van der Waals surface area contributed by atoms with E-state index in [1.165, 1.54) is 30.6 Å². The van der Waals surface area contributed by atoms with E-state index in [9.17, 15) is 14.7 Å². The molecule has 0 unspecified atom stereocenters. The SMILES string of the molecule is Cc1sc(-c2ccccc2)nc1CCOc1ccc(/C=C(\CC(=O)N2C[C@H]3CCCC[C@H]3C2)C(=O)O)cc1. The summed E-state index contributed by atoms with van der Waals surface area (Å²) in [5.41, 5.74) is 3.02. The predicted molar refractivity (Wildman–Crippen MR) is 150 cm³/mol. The van der Waals surface area contributed by atoms with Gasteiger partial charge in [0.2, 0.25) is 5.91 Å². The summed E-state index contributed by atoms with van der Waals surface area (Å²) < 4.78 is 5.93. The first-order chi connectivity index (χ1) is 18.5. The Morgan fingerprint density at radius 2 is 1.74 bits per heavy atom. The van der Waals surface area contributed by atoms with Gasteiger partial charge in [0, 0.05) is 35.5 Å². The largest absolute Gasteiger partial charge is 0.493 e. The number of hydrogen-bond acceptors (Lipinski definition) is 5. The lowest BCUT2D eigenvalue weighted by atomic mass is 9.82. The van der Waals surface area contributed by atoms with Gasteiger partial charge in [-0.1, -0.05) is 55.3 Å². The van der Waals surface area contributed by atoms with Crippen LogP contribution in [0.2, 0.25) is 0 Å². The molecule has 1 saturated heterocycles. The summed E-state index contributed by atoms with van der Waals surface area (Å²) in [5.74, 6) is 0.751. The summed E-state index contributed by atoms with van der Waals surface area (Å²) in [7, 11) is 0. The number of hydrogen-bond donors (Lipinski definition) is 1. The molecule has 3 aromatic rings. The smallest absolute Gasteiger partial charge is 0.332 e. The third-order valence-electron chi connectivity index (χ3n) is 7.69. The topological polar surface area (TPSA) is 79.7 Å². The van der Waals surface area contributed by atoms with E-state index < -0.39 is 5.97 Å². The standard InChI is InChI=1S/C31H34N2O4S/c1-21-28(32-30(38-21)23-7-3-2-4-8-23)15-16-37-27-13-11-22(12-14-27)17-26(31(35)36)18-29(34)33-19-24-9-5-6-10-25(24)20-33/h2-4,7-8,11-14,17,24-25H,5-6,9-10,15-16,18-20H2,1H3,(H,35,36)/b26-17+/t24-,25+. The maximum atomic E-state index is 12.9. The molecule has 0 bridgehead atoms. The Labute approximate surface area is 228 Å². The zero-order valence-corrected chi connectivity index (χ0v) is 22.6. The lowest BCUT2D eigenvalue weighted by Gasteiger charge is -2.22. The number of amides is 1. The first-order valence-electron chi connectivity index (χ1n) is 13.4. The van der Waals surface area contributed by atoms with E-state index >= 15 is 0 Å². The van der Waals surface area contributed by atoms with Crippen LogP contribution in [0.5, 0.6) is 5.75 Å². The van der Waals surface area contributed by atoms with Gasteiger partial charge in [-0.25, -0.2) is 9.78 Å². The number of carbonyl (C=O) groups excluding carboxylic acids is 1. The minimum atomic E-state index is -1.05. The first-order valence-corrected chi connectivity index (χ1v) is 14.2. The Hall–Kier alpha value is -3.45. The number of rotatable bonds is 9. The summed E-state index contributed by atoms with van der Waals surface area (Å²) in [5, 5.41) is 10.8. The van der Waals surface area contributed by atoms with Crippen LogP contribution in [0.1, 0.15) is 48.2 Å². The fourth-order valence-corrected chi connectivity index (χ4v) is 6.53. The van der Waals surface area contributed by atoms with Crippen LogP contribution in [0.4, 0.5) is 0 Å². The first kappa shape index (κ1) is 26.2. The summed E-state index contributed by atoms with van der Waals surface area (Å²) in [4.78, 5) is 32.6. The second kappa shape index (κ2) is 11.9. The van der Waals surface area contributed by atoms with E-state index in [2.05, 4.69) is 19.1 Å². The fourth-order valence-electron chi connectivity index (χ4n) is 5.56. The number of fused-ring (bicyclic) bond motifs is 1. The maximum Gasteiger partial charge on any atom is 0.332 e. The van der Waals surface area contributed by atoms with Gasteiger partial charge in [0.05, 0.1) is 18.7 Å². The van der Waals surface area contributed by atoms with Crippen molar-refractivity contribution in [3.05, 3.63) is 76.3 Å². The second-order valence-corrected chi connectivity index (χ2v) is 11.5. The van der Waals surface area contributed by atoms with Crippen molar-refractivity contribution in [2.45, 2.75) is 45.4 Å². The van der Waals surface area contributed by atoms with Gasteiger partial charge >= 0.3 is 5.97 Å². The average Bonchev–Trinajstić information content (AvgIpc) is 3.53. The predicted octanol–water partition coefficient (Wildman–Crippen LogP) is 6.25. The molecule has 2 heterocycles. The Balaban J connectivity index is 1.15. The van der Waals surface area contributed by atoms with Gasteiger partial charge in [0.1, 0.15) is 10.8 Å². The van der Waals surface area contributed by atoms with Gasteiger partial charge in [-0.05, 0) is 55.4 Å². The van der Waals surface area contributed by atoms with E-state index in [0.29, 0.717) is 30.6 Å². The molecule has 38 heavy (non-hydrogen) atoms. The minimum absolute atomic E-state index is 0.0784. The normalized spacial score (nSPS) is 19.3. The molecule has 1 aliphatic heterocycles. The molecule has 1 aliphatic carbocycles. The number of thiazole rings is 1. The zero-order chi connectivity index (χ0) is 26.5. The highest BCUT2D eigenvalue weighted by Crippen LogP contribution is 2.36. The lowest BCUT2D eigenvalue weighted by molar-refractivity contribution is -0.136. The van der Waals surface area contributed by atoms with E-state index in [0.717, 1.165) is 34.9 Å². The summed E-state index contributed by atoms with van der Waals surface area (Å²) in [6.07, 6.45) is 7.07. The number of aryl methyl sites for hydroxylation is 1. The van der Waals surface area contributed by atoms with Gasteiger partial charge in [0.25, 0.3) is 0 Å². The number of carboxylic acid groups (broad SMARTS) is 1. The molecule has 1 amide bonds. The fraction of sp³-hybridized carbons (Fsp3) is 0.387. The highest BCUT2D eigenvalue weighted by Gasteiger charge is 2.36. The van der Waals surface area contributed by atoms with Crippen LogP contribution in [0.15, 0.2) is 60.2 Å². The van der Waals surface area contributed by atoms with Crippen molar-refractivity contribution < 1.29 is 19.4 Å². The molecule has 7 heteroatoms. The second-order valence-electron chi connectivity index (χ2n) is 10.3. The Morgan fingerprint density at radius 3 is 2.39 bits per heavy atom. The van der Waals surface area contributed by atoms with Gasteiger partial charge in [-0.15, -0.1) is 11.3 Å². The number of nitrogens with zero attached hydrogens (tertiary/aromatic N) is 2. The molecule has 0 radical (unpaired) electrons. The molecule has 5 rings (SSSR count). The monoisotopic (exact) mass is 530 g/mol. The molecule has 2 aliphatic rings. The Kier molecular flexibility index (Phi) is 8.23. The average molecular weight is 531 g/mol. The molecular weight excluding hydrogens is 496 g/mol. The third-order valence-corrected chi connectivity index (χ3v) is 8.75. The molecule has 2 fully saturated rings. The van der Waals surface area contributed by atoms with Crippen LogP contribution in [-0.2, 0) is 16.0 Å². The van der Waals surface area contributed by atoms with E-state index in [4.69, 9.17) is 9.72 Å². The van der Waals surface area contributed by atoms with Gasteiger partial charge in [-0.3, -0.25) is 4.79 Å². The highest BCUT2D eigenvalue weighted by molar-refractivity contribution is 7.15. The third kappa shape index (κ3) is 6.33. The molecule has 1 N–H and O–H groups in total. The number of carboxylic acids is 1.